The summed E-state index contributed by atoms with van der Waals surface area (Å²) in [6.07, 6.45) is 0.258. The first-order chi connectivity index (χ1) is 8.91. The van der Waals surface area contributed by atoms with Crippen LogP contribution >= 0.6 is 11.6 Å². The second-order valence-corrected chi connectivity index (χ2v) is 5.24. The Balaban J connectivity index is 2.53. The molecule has 2 N–H and O–H groups in total. The minimum absolute atomic E-state index is 0.0568. The summed E-state index contributed by atoms with van der Waals surface area (Å²) in [6.45, 7) is 4.86. The van der Waals surface area contributed by atoms with Gasteiger partial charge in [-0.05, 0) is 31.0 Å². The van der Waals surface area contributed by atoms with Crippen LogP contribution in [0.2, 0.25) is 5.02 Å². The third-order valence-corrected chi connectivity index (χ3v) is 3.18. The van der Waals surface area contributed by atoms with Crippen molar-refractivity contribution in [2.75, 3.05) is 6.54 Å². The average molecular weight is 287 g/mol. The van der Waals surface area contributed by atoms with Crippen LogP contribution in [0.1, 0.15) is 25.8 Å². The predicted molar refractivity (Wildman–Crippen MR) is 75.3 cm³/mol. The molecule has 0 fully saturated rings. The molecule has 0 aromatic heterocycles. The highest BCUT2D eigenvalue weighted by molar-refractivity contribution is 6.30. The number of nitrogens with one attached hydrogen (secondary N) is 1. The standard InChI is InChI=1S/C13H19ClN2O3/c1-9(2)13(17)5-6-15-8-10-7-11(14)3-4-12(10)16(18)19/h3-4,7,9,13,15,17H,5-6,8H2,1-2H3. The van der Waals surface area contributed by atoms with Crippen LogP contribution in [0.5, 0.6) is 0 Å². The zero-order valence-electron chi connectivity index (χ0n) is 11.1. The van der Waals surface area contributed by atoms with Gasteiger partial charge in [0.1, 0.15) is 0 Å². The van der Waals surface area contributed by atoms with E-state index in [0.717, 1.165) is 0 Å². The van der Waals surface area contributed by atoms with Gasteiger partial charge in [-0.25, -0.2) is 0 Å². The fourth-order valence-electron chi connectivity index (χ4n) is 1.68. The van der Waals surface area contributed by atoms with Gasteiger partial charge < -0.3 is 10.4 Å². The molecule has 0 saturated carbocycles. The Morgan fingerprint density at radius 1 is 1.47 bits per heavy atom. The number of aliphatic hydroxyl groups is 1. The fourth-order valence-corrected chi connectivity index (χ4v) is 1.87. The van der Waals surface area contributed by atoms with E-state index >= 15 is 0 Å². The number of hydrogen-bond acceptors (Lipinski definition) is 4. The van der Waals surface area contributed by atoms with Gasteiger partial charge in [0.05, 0.1) is 11.0 Å². The van der Waals surface area contributed by atoms with E-state index in [4.69, 9.17) is 11.6 Å². The maximum atomic E-state index is 10.9. The van der Waals surface area contributed by atoms with Gasteiger partial charge in [-0.1, -0.05) is 25.4 Å². The number of nitro groups is 1. The molecular weight excluding hydrogens is 268 g/mol. The van der Waals surface area contributed by atoms with Crippen molar-refractivity contribution in [3.05, 3.63) is 38.9 Å². The molecule has 0 amide bonds. The number of aliphatic hydroxyl groups excluding tert-OH is 1. The highest BCUT2D eigenvalue weighted by atomic mass is 35.5. The third kappa shape index (κ3) is 5.14. The van der Waals surface area contributed by atoms with E-state index in [0.29, 0.717) is 30.1 Å². The Morgan fingerprint density at radius 3 is 2.74 bits per heavy atom. The Morgan fingerprint density at radius 2 is 2.16 bits per heavy atom. The molecule has 0 bridgehead atoms. The Bertz CT molecular complexity index is 438. The van der Waals surface area contributed by atoms with Crippen LogP contribution in [0.15, 0.2) is 18.2 Å². The van der Waals surface area contributed by atoms with Crippen LogP contribution in [0.4, 0.5) is 5.69 Å². The molecule has 19 heavy (non-hydrogen) atoms. The first kappa shape index (κ1) is 15.9. The first-order valence-corrected chi connectivity index (χ1v) is 6.61. The van der Waals surface area contributed by atoms with Gasteiger partial charge in [0.15, 0.2) is 0 Å². The second kappa shape index (κ2) is 7.43. The molecule has 0 radical (unpaired) electrons. The van der Waals surface area contributed by atoms with E-state index in [1.807, 2.05) is 13.8 Å². The zero-order valence-corrected chi connectivity index (χ0v) is 11.9. The van der Waals surface area contributed by atoms with Crippen LogP contribution in [0.25, 0.3) is 0 Å². The summed E-state index contributed by atoms with van der Waals surface area (Å²) >= 11 is 5.84. The smallest absolute Gasteiger partial charge is 0.273 e. The van der Waals surface area contributed by atoms with Crippen LogP contribution in [-0.4, -0.2) is 22.7 Å². The summed E-state index contributed by atoms with van der Waals surface area (Å²) in [5.74, 6) is 0.210. The van der Waals surface area contributed by atoms with E-state index in [1.54, 1.807) is 6.07 Å². The minimum atomic E-state index is -0.420. The molecule has 6 heteroatoms. The summed E-state index contributed by atoms with van der Waals surface area (Å²) in [7, 11) is 0. The second-order valence-electron chi connectivity index (χ2n) is 4.81. The summed E-state index contributed by atoms with van der Waals surface area (Å²) in [6, 6.07) is 4.50. The van der Waals surface area contributed by atoms with Crippen molar-refractivity contribution in [1.82, 2.24) is 5.32 Å². The van der Waals surface area contributed by atoms with E-state index in [9.17, 15) is 15.2 Å². The summed E-state index contributed by atoms with van der Waals surface area (Å²) in [4.78, 5) is 10.4. The number of hydrogen-bond donors (Lipinski definition) is 2. The molecule has 0 spiro atoms. The number of rotatable bonds is 7. The number of benzene rings is 1. The number of halogens is 1. The normalized spacial score (nSPS) is 12.7. The van der Waals surface area contributed by atoms with Crippen molar-refractivity contribution in [3.8, 4) is 0 Å². The summed E-state index contributed by atoms with van der Waals surface area (Å²) in [5, 5.41) is 24.1. The van der Waals surface area contributed by atoms with Gasteiger partial charge in [0.2, 0.25) is 0 Å². The molecule has 0 aliphatic carbocycles. The quantitative estimate of drug-likeness (QED) is 0.459. The first-order valence-electron chi connectivity index (χ1n) is 6.23. The van der Waals surface area contributed by atoms with E-state index in [-0.39, 0.29) is 17.7 Å². The highest BCUT2D eigenvalue weighted by Crippen LogP contribution is 2.22. The molecule has 1 aromatic rings. The van der Waals surface area contributed by atoms with Crippen molar-refractivity contribution in [1.29, 1.82) is 0 Å². The minimum Gasteiger partial charge on any atom is -0.393 e. The lowest BCUT2D eigenvalue weighted by molar-refractivity contribution is -0.385. The maximum absolute atomic E-state index is 10.9. The van der Waals surface area contributed by atoms with Crippen molar-refractivity contribution < 1.29 is 10.0 Å². The Labute approximate surface area is 117 Å². The van der Waals surface area contributed by atoms with Crippen LogP contribution in [0.3, 0.4) is 0 Å². The molecule has 0 heterocycles. The molecule has 0 aliphatic heterocycles. The summed E-state index contributed by atoms with van der Waals surface area (Å²) in [5.41, 5.74) is 0.609. The van der Waals surface area contributed by atoms with Gasteiger partial charge in [-0.2, -0.15) is 0 Å². The fraction of sp³-hybridized carbons (Fsp3) is 0.538. The van der Waals surface area contributed by atoms with Gasteiger partial charge in [-0.15, -0.1) is 0 Å². The average Bonchev–Trinajstić information content (AvgIpc) is 2.33. The Hall–Kier alpha value is -1.17. The molecule has 5 nitrogen and oxygen atoms in total. The van der Waals surface area contributed by atoms with Gasteiger partial charge >= 0.3 is 0 Å². The largest absolute Gasteiger partial charge is 0.393 e. The van der Waals surface area contributed by atoms with E-state index < -0.39 is 4.92 Å². The van der Waals surface area contributed by atoms with Crippen molar-refractivity contribution >= 4 is 17.3 Å². The van der Waals surface area contributed by atoms with Crippen molar-refractivity contribution in [3.63, 3.8) is 0 Å². The lowest BCUT2D eigenvalue weighted by atomic mass is 10.0. The zero-order chi connectivity index (χ0) is 14.4. The van der Waals surface area contributed by atoms with Crippen LogP contribution in [-0.2, 0) is 6.54 Å². The lowest BCUT2D eigenvalue weighted by Gasteiger charge is -2.14. The molecule has 0 aliphatic rings. The molecule has 1 unspecified atom stereocenters. The highest BCUT2D eigenvalue weighted by Gasteiger charge is 2.14. The lowest BCUT2D eigenvalue weighted by Crippen LogP contribution is -2.23. The number of nitrogens with zero attached hydrogens (tertiary/aromatic N) is 1. The SMILES string of the molecule is CC(C)C(O)CCNCc1cc(Cl)ccc1[N+](=O)[O-]. The van der Waals surface area contributed by atoms with Crippen LogP contribution < -0.4 is 5.32 Å². The molecule has 1 rings (SSSR count). The van der Waals surface area contributed by atoms with Crippen molar-refractivity contribution in [2.24, 2.45) is 5.92 Å². The third-order valence-electron chi connectivity index (χ3n) is 2.94. The van der Waals surface area contributed by atoms with Crippen molar-refractivity contribution in [2.45, 2.75) is 32.9 Å². The molecule has 1 atom stereocenters. The van der Waals surface area contributed by atoms with Gasteiger partial charge in [-0.3, -0.25) is 10.1 Å². The van der Waals surface area contributed by atoms with Gasteiger partial charge in [0, 0.05) is 23.2 Å². The maximum Gasteiger partial charge on any atom is 0.273 e. The molecular formula is C13H19ClN2O3. The topological polar surface area (TPSA) is 75.4 Å². The van der Waals surface area contributed by atoms with E-state index in [2.05, 4.69) is 5.32 Å². The molecule has 1 aromatic carbocycles. The summed E-state index contributed by atoms with van der Waals surface area (Å²) < 4.78 is 0. The van der Waals surface area contributed by atoms with E-state index in [1.165, 1.54) is 12.1 Å². The van der Waals surface area contributed by atoms with Gasteiger partial charge in [0.25, 0.3) is 5.69 Å². The molecule has 0 saturated heterocycles. The van der Waals surface area contributed by atoms with Crippen LogP contribution in [0, 0.1) is 16.0 Å². The monoisotopic (exact) mass is 286 g/mol. The molecule has 106 valence electrons. The Kier molecular flexibility index (Phi) is 6.21. The number of nitro benzene ring substituents is 1. The predicted octanol–water partition coefficient (Wildman–Crippen LogP) is 2.74.